The van der Waals surface area contributed by atoms with E-state index in [9.17, 15) is 19.7 Å². The molecule has 0 bridgehead atoms. The van der Waals surface area contributed by atoms with Gasteiger partial charge in [-0.15, -0.1) is 0 Å². The molecule has 0 spiro atoms. The number of likely N-dealkylation sites (tertiary alicyclic amines) is 2. The highest BCUT2D eigenvalue weighted by Gasteiger charge is 2.58. The molecular formula is C44H47BN2O7. The van der Waals surface area contributed by atoms with Crippen molar-refractivity contribution in [2.45, 2.75) is 63.7 Å². The number of imide groups is 1. The van der Waals surface area contributed by atoms with Gasteiger partial charge < -0.3 is 23.9 Å². The number of para-hydroxylation sites is 1. The summed E-state index contributed by atoms with van der Waals surface area (Å²) in [6.07, 6.45) is 4.80. The lowest BCUT2D eigenvalue weighted by Crippen LogP contribution is -2.48. The van der Waals surface area contributed by atoms with Crippen LogP contribution in [-0.4, -0.2) is 70.7 Å². The third-order valence-electron chi connectivity index (χ3n) is 11.6. The summed E-state index contributed by atoms with van der Waals surface area (Å²) in [7, 11) is -1.07. The van der Waals surface area contributed by atoms with Gasteiger partial charge in [-0.2, -0.15) is 0 Å². The molecule has 1 aromatic heterocycles. The van der Waals surface area contributed by atoms with E-state index >= 15 is 0 Å². The lowest BCUT2D eigenvalue weighted by Gasteiger charge is -2.43. The van der Waals surface area contributed by atoms with Crippen molar-refractivity contribution in [2.75, 3.05) is 19.7 Å². The maximum atomic E-state index is 14.5. The van der Waals surface area contributed by atoms with Crippen LogP contribution in [0.5, 0.6) is 5.75 Å². The van der Waals surface area contributed by atoms with Crippen molar-refractivity contribution in [1.82, 2.24) is 9.80 Å². The number of benzene rings is 3. The second-order valence-electron chi connectivity index (χ2n) is 15.0. The molecule has 1 aliphatic carbocycles. The van der Waals surface area contributed by atoms with Crippen molar-refractivity contribution in [3.8, 4) is 5.75 Å². The number of hydrogen-bond acceptors (Lipinski definition) is 8. The summed E-state index contributed by atoms with van der Waals surface area (Å²) in [5.74, 6) is 0.287. The Morgan fingerprint density at radius 2 is 1.57 bits per heavy atom. The molecule has 278 valence electrons. The topological polar surface area (TPSA) is 113 Å². The van der Waals surface area contributed by atoms with Gasteiger partial charge in [0, 0.05) is 25.7 Å². The Bertz CT molecular complexity index is 1970. The third-order valence-corrected chi connectivity index (χ3v) is 11.6. The molecule has 2 N–H and O–H groups in total. The minimum Gasteiger partial charge on any atom is -0.489 e. The molecule has 0 saturated carbocycles. The minimum absolute atomic E-state index is 0.0877. The highest BCUT2D eigenvalue weighted by atomic mass is 16.5. The number of rotatable bonds is 12. The van der Waals surface area contributed by atoms with E-state index in [1.165, 1.54) is 5.56 Å². The van der Waals surface area contributed by atoms with Crippen LogP contribution in [0.4, 0.5) is 0 Å². The van der Waals surface area contributed by atoms with E-state index in [0.717, 1.165) is 60.5 Å². The van der Waals surface area contributed by atoms with Gasteiger partial charge in [0.25, 0.3) is 0 Å². The molecule has 4 heterocycles. The Labute approximate surface area is 317 Å². The van der Waals surface area contributed by atoms with Gasteiger partial charge in [0.15, 0.2) is 0 Å². The summed E-state index contributed by atoms with van der Waals surface area (Å²) in [6.45, 7) is 2.58. The van der Waals surface area contributed by atoms with Crippen LogP contribution in [0, 0.1) is 17.8 Å². The molecular weight excluding hydrogens is 679 g/mol. The first-order valence-corrected chi connectivity index (χ1v) is 19.3. The fourth-order valence-electron chi connectivity index (χ4n) is 9.11. The molecule has 0 unspecified atom stereocenters. The van der Waals surface area contributed by atoms with Crippen molar-refractivity contribution < 1.29 is 33.5 Å². The van der Waals surface area contributed by atoms with Crippen LogP contribution in [0.1, 0.15) is 54.8 Å². The number of piperidine rings is 1. The molecule has 0 radical (unpaired) electrons. The van der Waals surface area contributed by atoms with E-state index in [-0.39, 0.29) is 43.3 Å². The van der Waals surface area contributed by atoms with Crippen LogP contribution < -0.4 is 4.74 Å². The molecule has 8 rings (SSSR count). The number of furan rings is 1. The maximum Gasteiger partial charge on any atom is 0.455 e. The molecule has 54 heavy (non-hydrogen) atoms. The monoisotopic (exact) mass is 726 g/mol. The summed E-state index contributed by atoms with van der Waals surface area (Å²) in [5.41, 5.74) is 5.27. The van der Waals surface area contributed by atoms with Crippen LogP contribution in [0.2, 0.25) is 6.32 Å². The molecule has 4 aromatic rings. The molecule has 2 amide bonds. The van der Waals surface area contributed by atoms with Gasteiger partial charge in [-0.05, 0) is 103 Å². The zero-order valence-electron chi connectivity index (χ0n) is 30.5. The summed E-state index contributed by atoms with van der Waals surface area (Å²) >= 11 is 0. The SMILES string of the molecule is O=C1[C@@H]2[C@@H](CC(COc3ccccc3)=C3[C@@H](CC/C(=C/c4ccc(CO)o4)c4ccccc4)OB(O)C[C@@H]32)C(=O)N1C1CCN(Cc2ccccc2)CC1. The zero-order valence-corrected chi connectivity index (χ0v) is 30.5. The average molecular weight is 727 g/mol. The van der Waals surface area contributed by atoms with Crippen molar-refractivity contribution in [3.05, 3.63) is 137 Å². The molecule has 3 aromatic carbocycles. The van der Waals surface area contributed by atoms with Crippen LogP contribution in [-0.2, 0) is 27.4 Å². The van der Waals surface area contributed by atoms with Crippen molar-refractivity contribution in [2.24, 2.45) is 17.8 Å². The van der Waals surface area contributed by atoms with Crippen LogP contribution in [0.3, 0.4) is 0 Å². The first-order valence-electron chi connectivity index (χ1n) is 19.3. The fourth-order valence-corrected chi connectivity index (χ4v) is 9.11. The van der Waals surface area contributed by atoms with E-state index in [0.29, 0.717) is 30.8 Å². The van der Waals surface area contributed by atoms with Crippen LogP contribution in [0.25, 0.3) is 11.6 Å². The molecule has 10 heteroatoms. The van der Waals surface area contributed by atoms with Gasteiger partial charge in [0.1, 0.15) is 30.5 Å². The Hall–Kier alpha value is -4.74. The molecule has 3 saturated heterocycles. The number of carbonyl (C=O) groups is 2. The molecule has 4 atom stereocenters. The molecule has 9 nitrogen and oxygen atoms in total. The second-order valence-corrected chi connectivity index (χ2v) is 15.0. The first kappa shape index (κ1) is 36.3. The smallest absolute Gasteiger partial charge is 0.455 e. The zero-order chi connectivity index (χ0) is 37.0. The summed E-state index contributed by atoms with van der Waals surface area (Å²) in [5, 5.41) is 20.8. The van der Waals surface area contributed by atoms with E-state index in [4.69, 9.17) is 13.8 Å². The number of hydrogen-bond donors (Lipinski definition) is 2. The van der Waals surface area contributed by atoms with Gasteiger partial charge in [0.2, 0.25) is 11.8 Å². The Balaban J connectivity index is 1.06. The predicted octanol–water partition coefficient (Wildman–Crippen LogP) is 6.63. The summed E-state index contributed by atoms with van der Waals surface area (Å²) in [6, 6.07) is 33.6. The van der Waals surface area contributed by atoms with Crippen LogP contribution in [0.15, 0.2) is 119 Å². The van der Waals surface area contributed by atoms with Crippen molar-refractivity contribution >= 4 is 30.6 Å². The number of aliphatic hydroxyl groups is 1. The lowest BCUT2D eigenvalue weighted by molar-refractivity contribution is -0.144. The van der Waals surface area contributed by atoms with Gasteiger partial charge in [-0.1, -0.05) is 78.9 Å². The normalized spacial score (nSPS) is 23.9. The highest BCUT2D eigenvalue weighted by Crippen LogP contribution is 2.51. The Kier molecular flexibility index (Phi) is 11.0. The number of carbonyl (C=O) groups excluding carboxylic acids is 2. The standard InChI is InChI=1S/C44H47BN2O7/c48-28-37-18-17-36(53-37)24-32(31-12-6-2-7-13-31)16-19-40-41-33(29-52-35-14-8-3-9-15-35)25-38-42(39(41)26-45(51)54-40)44(50)47(43(38)49)34-20-22-46(23-21-34)27-30-10-4-1-5-11-30/h1-15,17-18,24,34,38-40,42,48,51H,16,19-23,25-29H2/b32-24-/t38-,39+,40-,42-/m1/s1. The highest BCUT2D eigenvalue weighted by molar-refractivity contribution is 6.43. The number of allylic oxidation sites excluding steroid dienone is 1. The van der Waals surface area contributed by atoms with Crippen molar-refractivity contribution in [1.29, 1.82) is 0 Å². The fraction of sp³-hybridized carbons (Fsp3) is 0.364. The number of fused-ring (bicyclic) bond motifs is 3. The van der Waals surface area contributed by atoms with E-state index in [1.54, 1.807) is 11.0 Å². The van der Waals surface area contributed by atoms with Gasteiger partial charge in [0.05, 0.1) is 17.9 Å². The van der Waals surface area contributed by atoms with Gasteiger partial charge in [-0.25, -0.2) is 0 Å². The van der Waals surface area contributed by atoms with Gasteiger partial charge >= 0.3 is 7.12 Å². The molecule has 3 fully saturated rings. The van der Waals surface area contributed by atoms with Crippen molar-refractivity contribution in [3.63, 3.8) is 0 Å². The Morgan fingerprint density at radius 1 is 0.870 bits per heavy atom. The summed E-state index contributed by atoms with van der Waals surface area (Å²) in [4.78, 5) is 32.9. The van der Waals surface area contributed by atoms with E-state index < -0.39 is 25.1 Å². The Morgan fingerprint density at radius 3 is 2.28 bits per heavy atom. The number of nitrogens with zero attached hydrogens (tertiary/aromatic N) is 2. The lowest BCUT2D eigenvalue weighted by atomic mass is 9.58. The van der Waals surface area contributed by atoms with Crippen LogP contribution >= 0.6 is 0 Å². The average Bonchev–Trinajstić information content (AvgIpc) is 3.77. The minimum atomic E-state index is -1.07. The number of ether oxygens (including phenoxy) is 1. The summed E-state index contributed by atoms with van der Waals surface area (Å²) < 4.78 is 18.5. The van der Waals surface area contributed by atoms with Gasteiger partial charge in [-0.3, -0.25) is 19.4 Å². The number of amides is 2. The largest absolute Gasteiger partial charge is 0.489 e. The second kappa shape index (κ2) is 16.3. The molecule has 4 aliphatic rings. The maximum absolute atomic E-state index is 14.5. The van der Waals surface area contributed by atoms with E-state index in [1.807, 2.05) is 78.9 Å². The third kappa shape index (κ3) is 7.75. The van der Waals surface area contributed by atoms with E-state index in [2.05, 4.69) is 29.2 Å². The molecule has 3 aliphatic heterocycles. The number of aliphatic hydroxyl groups excluding tert-OH is 1. The quantitative estimate of drug-likeness (QED) is 0.0951. The first-order chi connectivity index (χ1) is 26.4. The predicted molar refractivity (Wildman–Crippen MR) is 206 cm³/mol.